The standard InChI is InChI=1S/C22H24N6O4S/c1-3-11-27(14-18-24-25-19(32-18)16-10-7-12-33-16)13-17(29)26-28-20(30)22(2,23-21(28)31)15-8-5-4-6-9-15/h4-10,12H,3,11,13-14H2,1-2H3,(H,23,31)(H,26,29)/t22-/m1/s1. The summed E-state index contributed by atoms with van der Waals surface area (Å²) in [6.45, 7) is 4.40. The van der Waals surface area contributed by atoms with Crippen molar-refractivity contribution in [3.8, 4) is 10.8 Å². The molecule has 1 saturated heterocycles. The molecule has 1 atom stereocenters. The van der Waals surface area contributed by atoms with Crippen LogP contribution in [0.2, 0.25) is 0 Å². The van der Waals surface area contributed by atoms with Crippen LogP contribution in [0.1, 0.15) is 31.7 Å². The number of urea groups is 1. The summed E-state index contributed by atoms with van der Waals surface area (Å²) in [6, 6.07) is 12.0. The smallest absolute Gasteiger partial charge is 0.344 e. The molecule has 0 bridgehead atoms. The number of thiophene rings is 1. The fourth-order valence-electron chi connectivity index (χ4n) is 3.61. The molecule has 0 saturated carbocycles. The summed E-state index contributed by atoms with van der Waals surface area (Å²) >= 11 is 1.50. The van der Waals surface area contributed by atoms with Crippen LogP contribution in [0, 0.1) is 0 Å². The second-order valence-electron chi connectivity index (χ2n) is 7.79. The molecule has 4 rings (SSSR count). The van der Waals surface area contributed by atoms with Crippen LogP contribution < -0.4 is 10.7 Å². The summed E-state index contributed by atoms with van der Waals surface area (Å²) < 4.78 is 5.72. The minimum absolute atomic E-state index is 0.0519. The highest BCUT2D eigenvalue weighted by Crippen LogP contribution is 2.27. The van der Waals surface area contributed by atoms with Gasteiger partial charge in [0.2, 0.25) is 5.89 Å². The summed E-state index contributed by atoms with van der Waals surface area (Å²) in [5.74, 6) is -0.236. The Morgan fingerprint density at radius 1 is 1.21 bits per heavy atom. The number of carbonyl (C=O) groups is 3. The molecule has 4 amide bonds. The zero-order valence-electron chi connectivity index (χ0n) is 18.3. The quantitative estimate of drug-likeness (QED) is 0.463. The lowest BCUT2D eigenvalue weighted by Gasteiger charge is -2.23. The lowest BCUT2D eigenvalue weighted by molar-refractivity contribution is -0.139. The number of amides is 4. The van der Waals surface area contributed by atoms with Gasteiger partial charge in [-0.15, -0.1) is 21.5 Å². The van der Waals surface area contributed by atoms with Gasteiger partial charge in [0.05, 0.1) is 18.0 Å². The largest absolute Gasteiger partial charge is 0.419 e. The SMILES string of the molecule is CCCN(CC(=O)NN1C(=O)N[C@](C)(c2ccccc2)C1=O)Cc1nnc(-c2cccs2)o1. The average Bonchev–Trinajstić information content (AvgIpc) is 3.53. The lowest BCUT2D eigenvalue weighted by atomic mass is 9.92. The molecule has 1 aliphatic rings. The van der Waals surface area contributed by atoms with Crippen molar-refractivity contribution < 1.29 is 18.8 Å². The van der Waals surface area contributed by atoms with Crippen molar-refractivity contribution in [2.45, 2.75) is 32.4 Å². The number of carbonyl (C=O) groups excluding carboxylic acids is 3. The van der Waals surface area contributed by atoms with Gasteiger partial charge in [0.1, 0.15) is 5.54 Å². The van der Waals surface area contributed by atoms with Gasteiger partial charge in [-0.05, 0) is 36.9 Å². The van der Waals surface area contributed by atoms with E-state index in [1.165, 1.54) is 11.3 Å². The number of benzene rings is 1. The number of hydrazine groups is 1. The molecule has 1 aliphatic heterocycles. The molecule has 0 aliphatic carbocycles. The molecule has 172 valence electrons. The number of hydrogen-bond acceptors (Lipinski definition) is 8. The number of nitrogens with zero attached hydrogens (tertiary/aromatic N) is 4. The summed E-state index contributed by atoms with van der Waals surface area (Å²) in [7, 11) is 0. The Balaban J connectivity index is 1.40. The molecule has 1 aromatic carbocycles. The first-order valence-electron chi connectivity index (χ1n) is 10.5. The van der Waals surface area contributed by atoms with Crippen molar-refractivity contribution in [3.63, 3.8) is 0 Å². The molecule has 3 aromatic rings. The third-order valence-corrected chi connectivity index (χ3v) is 6.10. The molecule has 0 spiro atoms. The lowest BCUT2D eigenvalue weighted by Crippen LogP contribution is -2.50. The Hall–Kier alpha value is -3.57. The maximum Gasteiger partial charge on any atom is 0.344 e. The zero-order valence-corrected chi connectivity index (χ0v) is 19.1. The summed E-state index contributed by atoms with van der Waals surface area (Å²) in [4.78, 5) is 40.8. The Labute approximate surface area is 194 Å². The fraction of sp³-hybridized carbons (Fsp3) is 0.318. The number of imide groups is 1. The first kappa shape index (κ1) is 22.6. The first-order valence-corrected chi connectivity index (χ1v) is 11.4. The third kappa shape index (κ3) is 4.78. The highest BCUT2D eigenvalue weighted by molar-refractivity contribution is 7.13. The van der Waals surface area contributed by atoms with Gasteiger partial charge in [-0.25, -0.2) is 4.79 Å². The molecule has 3 heterocycles. The van der Waals surface area contributed by atoms with E-state index in [2.05, 4.69) is 20.9 Å². The van der Waals surface area contributed by atoms with Crippen LogP contribution in [0.5, 0.6) is 0 Å². The van der Waals surface area contributed by atoms with Gasteiger partial charge in [0, 0.05) is 0 Å². The van der Waals surface area contributed by atoms with Crippen molar-refractivity contribution in [1.82, 2.24) is 30.8 Å². The van der Waals surface area contributed by atoms with Crippen molar-refractivity contribution in [3.05, 3.63) is 59.3 Å². The minimum Gasteiger partial charge on any atom is -0.419 e. The molecular formula is C22H24N6O4S. The second kappa shape index (κ2) is 9.51. The van der Waals surface area contributed by atoms with E-state index < -0.39 is 23.4 Å². The molecule has 2 aromatic heterocycles. The molecule has 10 nitrogen and oxygen atoms in total. The highest BCUT2D eigenvalue weighted by Gasteiger charge is 2.50. The summed E-state index contributed by atoms with van der Waals surface area (Å²) in [6.07, 6.45) is 0.786. The number of aromatic nitrogens is 2. The fourth-order valence-corrected chi connectivity index (χ4v) is 4.25. The number of rotatable bonds is 9. The average molecular weight is 469 g/mol. The van der Waals surface area contributed by atoms with E-state index in [1.807, 2.05) is 35.4 Å². The van der Waals surface area contributed by atoms with Crippen LogP contribution in [0.4, 0.5) is 4.79 Å². The minimum atomic E-state index is -1.25. The topological polar surface area (TPSA) is 121 Å². The van der Waals surface area contributed by atoms with Crippen LogP contribution >= 0.6 is 11.3 Å². The molecule has 0 unspecified atom stereocenters. The molecule has 11 heteroatoms. The predicted octanol–water partition coefficient (Wildman–Crippen LogP) is 2.51. The van der Waals surface area contributed by atoms with Gasteiger partial charge < -0.3 is 9.73 Å². The Kier molecular flexibility index (Phi) is 6.52. The number of nitrogens with one attached hydrogen (secondary N) is 2. The normalized spacial score (nSPS) is 18.1. The predicted molar refractivity (Wildman–Crippen MR) is 120 cm³/mol. The van der Waals surface area contributed by atoms with E-state index in [4.69, 9.17) is 4.42 Å². The Morgan fingerprint density at radius 3 is 2.70 bits per heavy atom. The van der Waals surface area contributed by atoms with Crippen LogP contribution in [-0.2, 0) is 21.7 Å². The van der Waals surface area contributed by atoms with E-state index in [9.17, 15) is 14.4 Å². The molecule has 0 radical (unpaired) electrons. The molecule has 2 N–H and O–H groups in total. The van der Waals surface area contributed by atoms with Gasteiger partial charge in [-0.1, -0.05) is 43.3 Å². The van der Waals surface area contributed by atoms with Crippen molar-refractivity contribution in [2.75, 3.05) is 13.1 Å². The van der Waals surface area contributed by atoms with Crippen LogP contribution in [0.25, 0.3) is 10.8 Å². The van der Waals surface area contributed by atoms with Gasteiger partial charge in [-0.3, -0.25) is 19.9 Å². The Morgan fingerprint density at radius 2 is 2.00 bits per heavy atom. The van der Waals surface area contributed by atoms with Crippen molar-refractivity contribution >= 4 is 29.2 Å². The Bertz CT molecular complexity index is 1130. The molecular weight excluding hydrogens is 444 g/mol. The van der Waals surface area contributed by atoms with E-state index in [0.29, 0.717) is 23.9 Å². The maximum absolute atomic E-state index is 13.0. The van der Waals surface area contributed by atoms with Gasteiger partial charge in [0.15, 0.2) is 0 Å². The first-order chi connectivity index (χ1) is 15.9. The van der Waals surface area contributed by atoms with Gasteiger partial charge in [-0.2, -0.15) is 5.01 Å². The van der Waals surface area contributed by atoms with E-state index >= 15 is 0 Å². The second-order valence-corrected chi connectivity index (χ2v) is 8.73. The zero-order chi connectivity index (χ0) is 23.4. The highest BCUT2D eigenvalue weighted by atomic mass is 32.1. The van der Waals surface area contributed by atoms with E-state index in [0.717, 1.165) is 16.3 Å². The monoisotopic (exact) mass is 468 g/mol. The van der Waals surface area contributed by atoms with Crippen molar-refractivity contribution in [2.24, 2.45) is 0 Å². The number of hydrogen-bond donors (Lipinski definition) is 2. The van der Waals surface area contributed by atoms with E-state index in [-0.39, 0.29) is 13.1 Å². The van der Waals surface area contributed by atoms with Crippen LogP contribution in [-0.4, -0.2) is 51.0 Å². The summed E-state index contributed by atoms with van der Waals surface area (Å²) in [5, 5.41) is 13.5. The molecule has 33 heavy (non-hydrogen) atoms. The van der Waals surface area contributed by atoms with E-state index in [1.54, 1.807) is 31.2 Å². The van der Waals surface area contributed by atoms with Crippen LogP contribution in [0.15, 0.2) is 52.3 Å². The van der Waals surface area contributed by atoms with Gasteiger partial charge in [0.25, 0.3) is 17.7 Å². The van der Waals surface area contributed by atoms with Crippen LogP contribution in [0.3, 0.4) is 0 Å². The van der Waals surface area contributed by atoms with Crippen molar-refractivity contribution in [1.29, 1.82) is 0 Å². The molecule has 1 fully saturated rings. The summed E-state index contributed by atoms with van der Waals surface area (Å²) in [5.41, 5.74) is 1.81. The van der Waals surface area contributed by atoms with Gasteiger partial charge >= 0.3 is 6.03 Å². The maximum atomic E-state index is 13.0. The third-order valence-electron chi connectivity index (χ3n) is 5.24.